The summed E-state index contributed by atoms with van der Waals surface area (Å²) >= 11 is 0. The number of nitrogens with one attached hydrogen (secondary N) is 1. The summed E-state index contributed by atoms with van der Waals surface area (Å²) in [5.74, 6) is 1.08. The average Bonchev–Trinajstić information content (AvgIpc) is 2.93. The second kappa shape index (κ2) is 5.68. The third-order valence-electron chi connectivity index (χ3n) is 3.84. The zero-order valence-electron chi connectivity index (χ0n) is 12.1. The van der Waals surface area contributed by atoms with Crippen molar-refractivity contribution in [2.24, 2.45) is 0 Å². The summed E-state index contributed by atoms with van der Waals surface area (Å²) in [4.78, 5) is 0. The highest BCUT2D eigenvalue weighted by Gasteiger charge is 2.22. The lowest BCUT2D eigenvalue weighted by Crippen LogP contribution is -2.22. The van der Waals surface area contributed by atoms with E-state index in [9.17, 15) is 0 Å². The lowest BCUT2D eigenvalue weighted by Gasteiger charge is -2.21. The minimum absolute atomic E-state index is 0.202. The van der Waals surface area contributed by atoms with Crippen LogP contribution in [-0.2, 0) is 6.42 Å². The maximum atomic E-state index is 5.87. The van der Waals surface area contributed by atoms with Crippen molar-refractivity contribution in [3.8, 4) is 5.75 Å². The lowest BCUT2D eigenvalue weighted by atomic mass is 9.95. The van der Waals surface area contributed by atoms with E-state index >= 15 is 0 Å². The predicted octanol–water partition coefficient (Wildman–Crippen LogP) is 3.63. The van der Waals surface area contributed by atoms with Crippen molar-refractivity contribution < 1.29 is 4.74 Å². The predicted molar refractivity (Wildman–Crippen MR) is 82.3 cm³/mol. The van der Waals surface area contributed by atoms with Gasteiger partial charge in [0.1, 0.15) is 5.75 Å². The van der Waals surface area contributed by atoms with Crippen LogP contribution in [0, 0.1) is 6.92 Å². The topological polar surface area (TPSA) is 21.3 Å². The first-order valence-electron chi connectivity index (χ1n) is 7.34. The average molecular weight is 267 g/mol. The number of rotatable bonds is 4. The van der Waals surface area contributed by atoms with Crippen LogP contribution in [-0.4, -0.2) is 13.2 Å². The van der Waals surface area contributed by atoms with Gasteiger partial charge in [-0.1, -0.05) is 55.0 Å². The molecule has 0 bridgehead atoms. The monoisotopic (exact) mass is 267 g/mol. The van der Waals surface area contributed by atoms with E-state index < -0.39 is 0 Å². The normalized spacial score (nSPS) is 14.7. The van der Waals surface area contributed by atoms with Gasteiger partial charge in [-0.25, -0.2) is 0 Å². The smallest absolute Gasteiger partial charge is 0.127 e. The number of fused-ring (bicyclic) bond motifs is 1. The van der Waals surface area contributed by atoms with E-state index in [0.717, 1.165) is 25.3 Å². The van der Waals surface area contributed by atoms with Gasteiger partial charge in [-0.15, -0.1) is 0 Å². The van der Waals surface area contributed by atoms with Gasteiger partial charge in [0.25, 0.3) is 0 Å². The van der Waals surface area contributed by atoms with Crippen LogP contribution in [0.2, 0.25) is 0 Å². The van der Waals surface area contributed by atoms with E-state index in [0.29, 0.717) is 0 Å². The number of ether oxygens (including phenoxy) is 1. The molecule has 2 nitrogen and oxygen atoms in total. The summed E-state index contributed by atoms with van der Waals surface area (Å²) in [6.45, 7) is 6.02. The van der Waals surface area contributed by atoms with Crippen LogP contribution >= 0.6 is 0 Å². The molecular weight excluding hydrogens is 246 g/mol. The Bertz CT molecular complexity index is 606. The standard InChI is InChI=1S/C18H21NO/c1-3-19-17(15-8-4-6-13(2)12-15)16-9-5-7-14-10-11-20-18(14)16/h4-9,12,17,19H,3,10-11H2,1-2H3. The molecule has 0 saturated heterocycles. The fourth-order valence-corrected chi connectivity index (χ4v) is 2.93. The molecule has 20 heavy (non-hydrogen) atoms. The molecule has 1 aliphatic rings. The van der Waals surface area contributed by atoms with Crippen molar-refractivity contribution in [1.82, 2.24) is 5.32 Å². The van der Waals surface area contributed by atoms with Crippen molar-refractivity contribution in [2.75, 3.05) is 13.2 Å². The first-order valence-corrected chi connectivity index (χ1v) is 7.34. The first-order chi connectivity index (χ1) is 9.79. The Balaban J connectivity index is 2.05. The Morgan fingerprint density at radius 1 is 1.20 bits per heavy atom. The van der Waals surface area contributed by atoms with Gasteiger partial charge in [0.2, 0.25) is 0 Å². The van der Waals surface area contributed by atoms with Gasteiger partial charge in [-0.05, 0) is 24.6 Å². The Kier molecular flexibility index (Phi) is 3.75. The maximum absolute atomic E-state index is 5.87. The van der Waals surface area contributed by atoms with Crippen LogP contribution < -0.4 is 10.1 Å². The van der Waals surface area contributed by atoms with Gasteiger partial charge in [0.05, 0.1) is 12.6 Å². The maximum Gasteiger partial charge on any atom is 0.127 e. The molecule has 0 spiro atoms. The van der Waals surface area contributed by atoms with Gasteiger partial charge in [0, 0.05) is 12.0 Å². The van der Waals surface area contributed by atoms with Gasteiger partial charge in [-0.2, -0.15) is 0 Å². The molecule has 0 amide bonds. The van der Waals surface area contributed by atoms with Crippen LogP contribution in [0.1, 0.15) is 35.2 Å². The summed E-state index contributed by atoms with van der Waals surface area (Å²) < 4.78 is 5.87. The van der Waals surface area contributed by atoms with Gasteiger partial charge >= 0.3 is 0 Å². The third-order valence-corrected chi connectivity index (χ3v) is 3.84. The van der Waals surface area contributed by atoms with E-state index in [1.165, 1.54) is 22.3 Å². The van der Waals surface area contributed by atoms with Crippen molar-refractivity contribution in [3.63, 3.8) is 0 Å². The number of aryl methyl sites for hydroxylation is 1. The minimum Gasteiger partial charge on any atom is -0.493 e. The highest BCUT2D eigenvalue weighted by atomic mass is 16.5. The molecule has 3 rings (SSSR count). The molecule has 1 atom stereocenters. The van der Waals surface area contributed by atoms with E-state index in [-0.39, 0.29) is 6.04 Å². The number of para-hydroxylation sites is 1. The minimum atomic E-state index is 0.202. The van der Waals surface area contributed by atoms with Gasteiger partial charge in [-0.3, -0.25) is 0 Å². The highest BCUT2D eigenvalue weighted by Crippen LogP contribution is 2.36. The number of benzene rings is 2. The molecule has 2 heteroatoms. The molecular formula is C18H21NO. The van der Waals surface area contributed by atoms with E-state index in [1.54, 1.807) is 0 Å². The van der Waals surface area contributed by atoms with Crippen LogP contribution in [0.3, 0.4) is 0 Å². The summed E-state index contributed by atoms with van der Waals surface area (Å²) in [7, 11) is 0. The zero-order valence-corrected chi connectivity index (χ0v) is 12.1. The molecule has 104 valence electrons. The van der Waals surface area contributed by atoms with E-state index in [1.807, 2.05) is 0 Å². The molecule has 2 aromatic rings. The fourth-order valence-electron chi connectivity index (χ4n) is 2.93. The zero-order chi connectivity index (χ0) is 13.9. The Labute approximate surface area is 120 Å². The second-order valence-electron chi connectivity index (χ2n) is 5.34. The summed E-state index contributed by atoms with van der Waals surface area (Å²) in [6.07, 6.45) is 1.02. The van der Waals surface area contributed by atoms with Crippen LogP contribution in [0.4, 0.5) is 0 Å². The first kappa shape index (κ1) is 13.2. The Hall–Kier alpha value is -1.80. The third kappa shape index (κ3) is 2.44. The lowest BCUT2D eigenvalue weighted by molar-refractivity contribution is 0.350. The Morgan fingerprint density at radius 3 is 2.85 bits per heavy atom. The molecule has 1 N–H and O–H groups in total. The van der Waals surface area contributed by atoms with Crippen molar-refractivity contribution in [3.05, 3.63) is 64.7 Å². The molecule has 0 radical (unpaired) electrons. The van der Waals surface area contributed by atoms with Crippen LogP contribution in [0.15, 0.2) is 42.5 Å². The van der Waals surface area contributed by atoms with Gasteiger partial charge < -0.3 is 10.1 Å². The molecule has 1 unspecified atom stereocenters. The summed E-state index contributed by atoms with van der Waals surface area (Å²) in [6, 6.07) is 15.4. The summed E-state index contributed by atoms with van der Waals surface area (Å²) in [5.41, 5.74) is 5.18. The van der Waals surface area contributed by atoms with Crippen LogP contribution in [0.5, 0.6) is 5.75 Å². The van der Waals surface area contributed by atoms with Gasteiger partial charge in [0.15, 0.2) is 0 Å². The largest absolute Gasteiger partial charge is 0.493 e. The molecule has 0 aliphatic carbocycles. The molecule has 1 heterocycles. The molecule has 1 aliphatic heterocycles. The fraction of sp³-hybridized carbons (Fsp3) is 0.333. The number of hydrogen-bond acceptors (Lipinski definition) is 2. The molecule has 0 saturated carbocycles. The second-order valence-corrected chi connectivity index (χ2v) is 5.34. The highest BCUT2D eigenvalue weighted by molar-refractivity contribution is 5.49. The van der Waals surface area contributed by atoms with E-state index in [4.69, 9.17) is 4.74 Å². The number of hydrogen-bond donors (Lipinski definition) is 1. The van der Waals surface area contributed by atoms with Crippen molar-refractivity contribution >= 4 is 0 Å². The SMILES string of the molecule is CCNC(c1cccc(C)c1)c1cccc2c1OCC2. The van der Waals surface area contributed by atoms with Crippen LogP contribution in [0.25, 0.3) is 0 Å². The molecule has 0 aromatic heterocycles. The van der Waals surface area contributed by atoms with Crippen molar-refractivity contribution in [1.29, 1.82) is 0 Å². The quantitative estimate of drug-likeness (QED) is 0.913. The Morgan fingerprint density at radius 2 is 2.05 bits per heavy atom. The van der Waals surface area contributed by atoms with Crippen molar-refractivity contribution in [2.45, 2.75) is 26.3 Å². The van der Waals surface area contributed by atoms with E-state index in [2.05, 4.69) is 61.6 Å². The molecule has 0 fully saturated rings. The summed E-state index contributed by atoms with van der Waals surface area (Å²) in [5, 5.41) is 3.59. The molecule has 2 aromatic carbocycles.